The molecule has 1 aromatic carbocycles. The Balaban J connectivity index is 2.53. The summed E-state index contributed by atoms with van der Waals surface area (Å²) in [4.78, 5) is 0. The van der Waals surface area contributed by atoms with E-state index in [1.807, 2.05) is 0 Å². The molecule has 3 N–H and O–H groups in total. The lowest BCUT2D eigenvalue weighted by atomic mass is 9.75. The van der Waals surface area contributed by atoms with Crippen molar-refractivity contribution in [2.45, 2.75) is 12.8 Å². The Hall–Kier alpha value is -0.705. The predicted octanol–water partition coefficient (Wildman–Crippen LogP) is 0.378. The number of rotatable bonds is 1. The number of hydrogen-bond acceptors (Lipinski definition) is 3. The second-order valence-electron chi connectivity index (χ2n) is 3.39. The maximum absolute atomic E-state index is 9.16. The van der Waals surface area contributed by atoms with Crippen molar-refractivity contribution in [3.63, 3.8) is 0 Å². The third kappa shape index (κ3) is 1.61. The molecule has 0 unspecified atom stereocenters. The zero-order chi connectivity index (χ0) is 10.1. The normalized spacial score (nSPS) is 14.5. The van der Waals surface area contributed by atoms with Crippen LogP contribution in [0.25, 0.3) is 0 Å². The fraction of sp³-hybridized carbons (Fsp3) is 0.333. The number of anilines is 1. The van der Waals surface area contributed by atoms with Gasteiger partial charge >= 0.3 is 7.12 Å². The molecule has 0 radical (unpaired) electrons. The van der Waals surface area contributed by atoms with Crippen LogP contribution in [-0.4, -0.2) is 23.7 Å². The fourth-order valence-corrected chi connectivity index (χ4v) is 2.06. The molecule has 0 saturated carbocycles. The summed E-state index contributed by atoms with van der Waals surface area (Å²) in [5.74, 6) is 0. The Labute approximate surface area is 87.9 Å². The van der Waals surface area contributed by atoms with Gasteiger partial charge in [-0.05, 0) is 29.9 Å². The van der Waals surface area contributed by atoms with Crippen molar-refractivity contribution in [3.8, 4) is 0 Å². The Bertz CT molecular complexity index is 357. The summed E-state index contributed by atoms with van der Waals surface area (Å²) in [6.45, 7) is 0.887. The second kappa shape index (κ2) is 3.81. The Morgan fingerprint density at radius 2 is 2.14 bits per heavy atom. The van der Waals surface area contributed by atoms with Crippen molar-refractivity contribution in [2.24, 2.45) is 0 Å². The van der Waals surface area contributed by atoms with Crippen molar-refractivity contribution >= 4 is 29.9 Å². The highest BCUT2D eigenvalue weighted by molar-refractivity contribution is 6.59. The first kappa shape index (κ1) is 9.83. The molecule has 0 saturated heterocycles. The Morgan fingerprint density at radius 1 is 1.36 bits per heavy atom. The molecule has 74 valence electrons. The first-order valence-electron chi connectivity index (χ1n) is 4.61. The summed E-state index contributed by atoms with van der Waals surface area (Å²) in [5, 5.41) is 22.1. The van der Waals surface area contributed by atoms with Crippen LogP contribution < -0.4 is 10.8 Å². The minimum absolute atomic E-state index is 0.552. The molecule has 1 aliphatic heterocycles. The van der Waals surface area contributed by atoms with Gasteiger partial charge in [0.15, 0.2) is 0 Å². The molecule has 0 amide bonds. The van der Waals surface area contributed by atoms with Crippen molar-refractivity contribution in [3.05, 3.63) is 22.7 Å². The Kier molecular flexibility index (Phi) is 2.68. The number of benzene rings is 1. The lowest BCUT2D eigenvalue weighted by molar-refractivity contribution is 0.425. The van der Waals surface area contributed by atoms with E-state index in [2.05, 4.69) is 5.32 Å². The lowest BCUT2D eigenvalue weighted by Crippen LogP contribution is -2.35. The number of hydrogen-bond donors (Lipinski definition) is 3. The van der Waals surface area contributed by atoms with E-state index in [4.69, 9.17) is 21.6 Å². The maximum atomic E-state index is 9.16. The van der Waals surface area contributed by atoms with Crippen LogP contribution >= 0.6 is 11.6 Å². The summed E-state index contributed by atoms with van der Waals surface area (Å²) in [6.07, 6.45) is 1.84. The average molecular weight is 211 g/mol. The third-order valence-corrected chi connectivity index (χ3v) is 2.80. The van der Waals surface area contributed by atoms with Gasteiger partial charge in [-0.25, -0.2) is 0 Å². The van der Waals surface area contributed by atoms with E-state index >= 15 is 0 Å². The van der Waals surface area contributed by atoms with Crippen LogP contribution in [-0.2, 0) is 6.42 Å². The van der Waals surface area contributed by atoms with Crippen LogP contribution in [0.4, 0.5) is 5.69 Å². The van der Waals surface area contributed by atoms with Gasteiger partial charge in [-0.3, -0.25) is 0 Å². The average Bonchev–Trinajstić information content (AvgIpc) is 2.18. The largest absolute Gasteiger partial charge is 0.488 e. The molecule has 1 aliphatic rings. The van der Waals surface area contributed by atoms with Gasteiger partial charge < -0.3 is 15.4 Å². The highest BCUT2D eigenvalue weighted by atomic mass is 35.5. The first-order valence-corrected chi connectivity index (χ1v) is 4.99. The summed E-state index contributed by atoms with van der Waals surface area (Å²) < 4.78 is 0. The zero-order valence-corrected chi connectivity index (χ0v) is 8.38. The minimum Gasteiger partial charge on any atom is -0.423 e. The van der Waals surface area contributed by atoms with Gasteiger partial charge in [-0.1, -0.05) is 17.7 Å². The number of nitrogens with one attached hydrogen (secondary N) is 1. The quantitative estimate of drug-likeness (QED) is 0.589. The number of halogens is 1. The molecule has 0 atom stereocenters. The minimum atomic E-state index is -1.42. The highest BCUT2D eigenvalue weighted by Crippen LogP contribution is 2.28. The molecule has 1 heterocycles. The molecule has 14 heavy (non-hydrogen) atoms. The van der Waals surface area contributed by atoms with E-state index in [1.165, 1.54) is 0 Å². The van der Waals surface area contributed by atoms with Gasteiger partial charge in [0.1, 0.15) is 0 Å². The van der Waals surface area contributed by atoms with Gasteiger partial charge in [0.25, 0.3) is 0 Å². The van der Waals surface area contributed by atoms with Gasteiger partial charge in [0.2, 0.25) is 0 Å². The molecule has 1 aromatic rings. The van der Waals surface area contributed by atoms with E-state index in [9.17, 15) is 0 Å². The molecule has 2 rings (SSSR count). The Morgan fingerprint density at radius 3 is 2.86 bits per heavy atom. The van der Waals surface area contributed by atoms with Gasteiger partial charge in [-0.2, -0.15) is 0 Å². The molecule has 3 nitrogen and oxygen atoms in total. The van der Waals surface area contributed by atoms with E-state index in [1.54, 1.807) is 12.1 Å². The van der Waals surface area contributed by atoms with E-state index in [-0.39, 0.29) is 0 Å². The van der Waals surface area contributed by atoms with Crippen molar-refractivity contribution < 1.29 is 10.0 Å². The van der Waals surface area contributed by atoms with Crippen LogP contribution in [0.2, 0.25) is 5.02 Å². The van der Waals surface area contributed by atoms with E-state index in [0.29, 0.717) is 10.5 Å². The lowest BCUT2D eigenvalue weighted by Gasteiger charge is -2.22. The van der Waals surface area contributed by atoms with Gasteiger partial charge in [-0.15, -0.1) is 0 Å². The zero-order valence-electron chi connectivity index (χ0n) is 7.63. The second-order valence-corrected chi connectivity index (χ2v) is 3.80. The third-order valence-electron chi connectivity index (χ3n) is 2.48. The summed E-state index contributed by atoms with van der Waals surface area (Å²) in [7, 11) is -1.42. The van der Waals surface area contributed by atoms with Crippen LogP contribution in [0.15, 0.2) is 12.1 Å². The molecule has 0 spiro atoms. The van der Waals surface area contributed by atoms with Crippen LogP contribution in [0.1, 0.15) is 12.0 Å². The summed E-state index contributed by atoms with van der Waals surface area (Å²) in [5.41, 5.74) is 2.33. The molecular formula is C9H11BClNO2. The van der Waals surface area contributed by atoms with Crippen molar-refractivity contribution in [1.82, 2.24) is 0 Å². The highest BCUT2D eigenvalue weighted by Gasteiger charge is 2.22. The SMILES string of the molecule is OB(O)c1ccc(Cl)c2c1CCCN2. The van der Waals surface area contributed by atoms with Crippen LogP contribution in [0, 0.1) is 0 Å². The summed E-state index contributed by atoms with van der Waals surface area (Å²) in [6, 6.07) is 3.35. The van der Waals surface area contributed by atoms with E-state index in [0.717, 1.165) is 30.6 Å². The van der Waals surface area contributed by atoms with Crippen molar-refractivity contribution in [1.29, 1.82) is 0 Å². The topological polar surface area (TPSA) is 52.5 Å². The smallest absolute Gasteiger partial charge is 0.423 e. The molecule has 0 fully saturated rings. The first-order chi connectivity index (χ1) is 6.70. The van der Waals surface area contributed by atoms with E-state index < -0.39 is 7.12 Å². The fourth-order valence-electron chi connectivity index (χ4n) is 1.82. The van der Waals surface area contributed by atoms with Gasteiger partial charge in [0, 0.05) is 6.54 Å². The predicted molar refractivity (Wildman–Crippen MR) is 58.1 cm³/mol. The maximum Gasteiger partial charge on any atom is 0.488 e. The summed E-state index contributed by atoms with van der Waals surface area (Å²) >= 11 is 5.99. The van der Waals surface area contributed by atoms with Crippen LogP contribution in [0.5, 0.6) is 0 Å². The molecule has 0 aliphatic carbocycles. The molecule has 0 aromatic heterocycles. The number of fused-ring (bicyclic) bond motifs is 1. The van der Waals surface area contributed by atoms with Gasteiger partial charge in [0.05, 0.1) is 10.7 Å². The standard InChI is InChI=1S/C9H11BClNO2/c11-8-4-3-7(10(13)14)6-2-1-5-12-9(6)8/h3-4,12-14H,1-2,5H2. The molecule has 0 bridgehead atoms. The molecular weight excluding hydrogens is 200 g/mol. The monoisotopic (exact) mass is 211 g/mol. The van der Waals surface area contributed by atoms with Crippen LogP contribution in [0.3, 0.4) is 0 Å². The molecule has 5 heteroatoms. The van der Waals surface area contributed by atoms with Crippen molar-refractivity contribution in [2.75, 3.05) is 11.9 Å².